The Morgan fingerprint density at radius 1 is 0.963 bits per heavy atom. The largest absolute Gasteiger partial charge is 0.497 e. The maximum Gasteiger partial charge on any atom is 0.191 e. The highest BCUT2D eigenvalue weighted by molar-refractivity contribution is 14.0. The van der Waals surface area contributed by atoms with Gasteiger partial charge in [0.15, 0.2) is 5.96 Å². The second-order valence-corrected chi connectivity index (χ2v) is 5.93. The van der Waals surface area contributed by atoms with Crippen molar-refractivity contribution in [3.8, 4) is 5.75 Å². The molecule has 0 saturated carbocycles. The number of hydrogen-bond donors (Lipinski definition) is 3. The molecule has 0 radical (unpaired) electrons. The summed E-state index contributed by atoms with van der Waals surface area (Å²) in [6, 6.07) is 18.4. The lowest BCUT2D eigenvalue weighted by Gasteiger charge is -2.12. The van der Waals surface area contributed by atoms with Crippen LogP contribution in [0.4, 0.5) is 5.69 Å². The van der Waals surface area contributed by atoms with Crippen LogP contribution >= 0.6 is 24.0 Å². The standard InChI is InChI=1S/C21H30N4O.HI/c1-3-22-21(24-16-7-15-23-19-8-5-4-6-9-19)25-17-14-18-10-12-20(26-2)13-11-18;/h4-6,8-13,23H,3,7,14-17H2,1-2H3,(H2,22,24,25);1H. The van der Waals surface area contributed by atoms with Crippen molar-refractivity contribution in [2.75, 3.05) is 38.6 Å². The minimum absolute atomic E-state index is 0. The van der Waals surface area contributed by atoms with Crippen LogP contribution in [0.1, 0.15) is 18.9 Å². The van der Waals surface area contributed by atoms with E-state index in [2.05, 4.69) is 52.1 Å². The zero-order valence-electron chi connectivity index (χ0n) is 16.2. The predicted octanol–water partition coefficient (Wildman–Crippen LogP) is 3.91. The number of para-hydroxylation sites is 1. The fourth-order valence-corrected chi connectivity index (χ4v) is 2.52. The normalized spacial score (nSPS) is 10.7. The van der Waals surface area contributed by atoms with Crippen molar-refractivity contribution in [3.63, 3.8) is 0 Å². The van der Waals surface area contributed by atoms with Gasteiger partial charge in [-0.2, -0.15) is 0 Å². The summed E-state index contributed by atoms with van der Waals surface area (Å²) in [6.45, 7) is 5.49. The average molecular weight is 482 g/mol. The molecule has 27 heavy (non-hydrogen) atoms. The number of nitrogens with zero attached hydrogens (tertiary/aromatic N) is 1. The van der Waals surface area contributed by atoms with Crippen molar-refractivity contribution in [2.24, 2.45) is 4.99 Å². The molecule has 0 spiro atoms. The van der Waals surface area contributed by atoms with E-state index in [-0.39, 0.29) is 24.0 Å². The van der Waals surface area contributed by atoms with E-state index in [0.29, 0.717) is 0 Å². The maximum atomic E-state index is 5.19. The number of nitrogens with one attached hydrogen (secondary N) is 3. The molecular formula is C21H31IN4O. The smallest absolute Gasteiger partial charge is 0.191 e. The minimum atomic E-state index is 0. The molecule has 0 aliphatic carbocycles. The molecule has 0 unspecified atom stereocenters. The zero-order valence-corrected chi connectivity index (χ0v) is 18.5. The lowest BCUT2D eigenvalue weighted by Crippen LogP contribution is -2.38. The van der Waals surface area contributed by atoms with Gasteiger partial charge in [0.25, 0.3) is 0 Å². The second-order valence-electron chi connectivity index (χ2n) is 5.93. The second kappa shape index (κ2) is 14.1. The Balaban J connectivity index is 0.00000364. The molecule has 148 valence electrons. The highest BCUT2D eigenvalue weighted by atomic mass is 127. The van der Waals surface area contributed by atoms with E-state index in [4.69, 9.17) is 4.74 Å². The molecule has 5 nitrogen and oxygen atoms in total. The van der Waals surface area contributed by atoms with E-state index in [1.807, 2.05) is 30.3 Å². The van der Waals surface area contributed by atoms with Crippen molar-refractivity contribution in [2.45, 2.75) is 19.8 Å². The van der Waals surface area contributed by atoms with Crippen LogP contribution in [0.25, 0.3) is 0 Å². The van der Waals surface area contributed by atoms with Gasteiger partial charge in [0.1, 0.15) is 5.75 Å². The lowest BCUT2D eigenvalue weighted by atomic mass is 10.1. The molecule has 0 fully saturated rings. The molecule has 0 atom stereocenters. The lowest BCUT2D eigenvalue weighted by molar-refractivity contribution is 0.414. The fraction of sp³-hybridized carbons (Fsp3) is 0.381. The van der Waals surface area contributed by atoms with Gasteiger partial charge < -0.3 is 20.7 Å². The summed E-state index contributed by atoms with van der Waals surface area (Å²) in [5, 5.41) is 10.1. The Kier molecular flexibility index (Phi) is 12.1. The summed E-state index contributed by atoms with van der Waals surface area (Å²) >= 11 is 0. The number of anilines is 1. The highest BCUT2D eigenvalue weighted by Gasteiger charge is 1.99. The first kappa shape index (κ1) is 23.1. The van der Waals surface area contributed by atoms with Gasteiger partial charge in [-0.15, -0.1) is 24.0 Å². The molecule has 3 N–H and O–H groups in total. The van der Waals surface area contributed by atoms with Crippen molar-refractivity contribution in [3.05, 3.63) is 60.2 Å². The fourth-order valence-electron chi connectivity index (χ4n) is 2.52. The molecule has 2 aromatic carbocycles. The number of methoxy groups -OCH3 is 1. The van der Waals surface area contributed by atoms with Gasteiger partial charge >= 0.3 is 0 Å². The molecule has 0 saturated heterocycles. The van der Waals surface area contributed by atoms with Crippen LogP contribution in [0.15, 0.2) is 59.6 Å². The van der Waals surface area contributed by atoms with Crippen molar-refractivity contribution < 1.29 is 4.74 Å². The topological polar surface area (TPSA) is 57.7 Å². The summed E-state index contributed by atoms with van der Waals surface area (Å²) in [5.41, 5.74) is 2.43. The van der Waals surface area contributed by atoms with Crippen molar-refractivity contribution >= 4 is 35.6 Å². The van der Waals surface area contributed by atoms with Crippen LogP contribution in [-0.4, -0.2) is 39.2 Å². The summed E-state index contributed by atoms with van der Waals surface area (Å²) in [4.78, 5) is 4.64. The zero-order chi connectivity index (χ0) is 18.5. The van der Waals surface area contributed by atoms with E-state index in [9.17, 15) is 0 Å². The molecule has 0 amide bonds. The number of ether oxygens (including phenoxy) is 1. The molecule has 0 aliphatic heterocycles. The number of benzene rings is 2. The van der Waals surface area contributed by atoms with E-state index in [1.54, 1.807) is 7.11 Å². The van der Waals surface area contributed by atoms with E-state index in [1.165, 1.54) is 5.56 Å². The third kappa shape index (κ3) is 9.51. The minimum Gasteiger partial charge on any atom is -0.497 e. The number of hydrogen-bond acceptors (Lipinski definition) is 3. The number of halogens is 1. The number of rotatable bonds is 10. The van der Waals surface area contributed by atoms with E-state index < -0.39 is 0 Å². The first-order chi connectivity index (χ1) is 12.8. The van der Waals surface area contributed by atoms with Crippen LogP contribution in [0.3, 0.4) is 0 Å². The molecule has 0 bridgehead atoms. The van der Waals surface area contributed by atoms with E-state index in [0.717, 1.165) is 56.4 Å². The molecule has 0 heterocycles. The SMILES string of the molecule is CCNC(=NCCCNc1ccccc1)NCCc1ccc(OC)cc1.I. The molecule has 2 aromatic rings. The van der Waals surface area contributed by atoms with Crippen molar-refractivity contribution in [1.29, 1.82) is 0 Å². The van der Waals surface area contributed by atoms with Gasteiger partial charge in [0.2, 0.25) is 0 Å². The third-order valence-electron chi connectivity index (χ3n) is 3.92. The molecule has 6 heteroatoms. The number of guanidine groups is 1. The molecule has 0 aliphatic rings. The Bertz CT molecular complexity index is 647. The summed E-state index contributed by atoms with van der Waals surface area (Å²) < 4.78 is 5.19. The van der Waals surface area contributed by atoms with Gasteiger partial charge in [-0.25, -0.2) is 0 Å². The Morgan fingerprint density at radius 2 is 1.70 bits per heavy atom. The van der Waals surface area contributed by atoms with Crippen LogP contribution in [0, 0.1) is 0 Å². The Morgan fingerprint density at radius 3 is 2.37 bits per heavy atom. The van der Waals surface area contributed by atoms with Gasteiger partial charge in [-0.1, -0.05) is 30.3 Å². The molecular weight excluding hydrogens is 451 g/mol. The van der Waals surface area contributed by atoms with Crippen LogP contribution in [-0.2, 0) is 6.42 Å². The van der Waals surface area contributed by atoms with Crippen molar-refractivity contribution in [1.82, 2.24) is 10.6 Å². The van der Waals surface area contributed by atoms with Crippen LogP contribution in [0.2, 0.25) is 0 Å². The summed E-state index contributed by atoms with van der Waals surface area (Å²) in [5.74, 6) is 1.77. The van der Waals surface area contributed by atoms with Crippen LogP contribution < -0.4 is 20.7 Å². The Hall–Kier alpha value is -1.96. The van der Waals surface area contributed by atoms with Gasteiger partial charge in [-0.05, 0) is 49.6 Å². The molecule has 0 aromatic heterocycles. The summed E-state index contributed by atoms with van der Waals surface area (Å²) in [6.07, 6.45) is 1.94. The number of aliphatic imine (C=N–C) groups is 1. The van der Waals surface area contributed by atoms with Gasteiger partial charge in [0.05, 0.1) is 7.11 Å². The van der Waals surface area contributed by atoms with Crippen LogP contribution in [0.5, 0.6) is 5.75 Å². The monoisotopic (exact) mass is 482 g/mol. The van der Waals surface area contributed by atoms with Gasteiger partial charge in [0, 0.05) is 31.9 Å². The molecule has 2 rings (SSSR count). The first-order valence-corrected chi connectivity index (χ1v) is 9.26. The van der Waals surface area contributed by atoms with Gasteiger partial charge in [-0.3, -0.25) is 4.99 Å². The third-order valence-corrected chi connectivity index (χ3v) is 3.92. The Labute approximate surface area is 180 Å². The highest BCUT2D eigenvalue weighted by Crippen LogP contribution is 2.11. The summed E-state index contributed by atoms with van der Waals surface area (Å²) in [7, 11) is 1.69. The van der Waals surface area contributed by atoms with E-state index >= 15 is 0 Å². The predicted molar refractivity (Wildman–Crippen MR) is 126 cm³/mol. The maximum absolute atomic E-state index is 5.19. The first-order valence-electron chi connectivity index (χ1n) is 9.26. The average Bonchev–Trinajstić information content (AvgIpc) is 2.69. The quantitative estimate of drug-likeness (QED) is 0.208.